The smallest absolute Gasteiger partial charge is 0.337 e. The molecule has 0 spiro atoms. The van der Waals surface area contributed by atoms with Crippen LogP contribution < -0.4 is 10.6 Å². The minimum atomic E-state index is -1.09. The Morgan fingerprint density at radius 1 is 1.33 bits per heavy atom. The molecule has 0 radical (unpaired) electrons. The average molecular weight is 358 g/mol. The van der Waals surface area contributed by atoms with Gasteiger partial charge in [0.2, 0.25) is 0 Å². The van der Waals surface area contributed by atoms with E-state index in [1.807, 2.05) is 32.8 Å². The van der Waals surface area contributed by atoms with Gasteiger partial charge in [-0.2, -0.15) is 0 Å². The molecular weight excluding hydrogens is 338 g/mol. The van der Waals surface area contributed by atoms with E-state index >= 15 is 0 Å². The number of nitrogens with zero attached hydrogens (tertiary/aromatic N) is 1. The summed E-state index contributed by atoms with van der Waals surface area (Å²) in [6.45, 7) is 4.42. The van der Waals surface area contributed by atoms with Crippen molar-refractivity contribution >= 4 is 33.6 Å². The Hall–Kier alpha value is -1.60. The molecular formula is C14H20BrN3O3. The number of rotatable bonds is 5. The summed E-state index contributed by atoms with van der Waals surface area (Å²) in [5.41, 5.74) is 0.0850. The molecule has 0 heterocycles. The van der Waals surface area contributed by atoms with Crippen LogP contribution in [0.3, 0.4) is 0 Å². The van der Waals surface area contributed by atoms with Crippen molar-refractivity contribution in [3.8, 4) is 0 Å². The lowest BCUT2D eigenvalue weighted by Gasteiger charge is -2.32. The third-order valence-electron chi connectivity index (χ3n) is 3.35. The number of aromatic carboxylic acids is 1. The molecule has 7 heteroatoms. The van der Waals surface area contributed by atoms with Gasteiger partial charge in [-0.05, 0) is 46.1 Å². The van der Waals surface area contributed by atoms with Crippen LogP contribution in [0.5, 0.6) is 0 Å². The number of likely N-dealkylation sites (N-methyl/N-ethyl adjacent to an activating group) is 1. The monoisotopic (exact) mass is 357 g/mol. The highest BCUT2D eigenvalue weighted by Gasteiger charge is 2.21. The standard InChI is InChI=1S/C14H20BrN3O3/c1-14(2,18(3)4)8-16-13(21)17-11-7-9(15)5-6-10(11)12(19)20/h5-7H,8H2,1-4H3,(H,19,20)(H2,16,17,21). The molecule has 0 atom stereocenters. The Balaban J connectivity index is 2.76. The first-order valence-electron chi connectivity index (χ1n) is 6.38. The molecule has 0 aromatic heterocycles. The van der Waals surface area contributed by atoms with Gasteiger partial charge in [-0.3, -0.25) is 0 Å². The molecule has 0 saturated carbocycles. The van der Waals surface area contributed by atoms with E-state index in [1.165, 1.54) is 6.07 Å². The van der Waals surface area contributed by atoms with E-state index in [0.717, 1.165) is 0 Å². The van der Waals surface area contributed by atoms with Crippen LogP contribution in [0.1, 0.15) is 24.2 Å². The zero-order chi connectivity index (χ0) is 16.2. The largest absolute Gasteiger partial charge is 0.478 e. The third-order valence-corrected chi connectivity index (χ3v) is 3.85. The second-order valence-corrected chi connectivity index (χ2v) is 6.43. The second-order valence-electron chi connectivity index (χ2n) is 5.51. The molecule has 0 aliphatic rings. The molecule has 0 bridgehead atoms. The van der Waals surface area contributed by atoms with E-state index in [4.69, 9.17) is 5.11 Å². The summed E-state index contributed by atoms with van der Waals surface area (Å²) in [5.74, 6) is -1.09. The van der Waals surface area contributed by atoms with Gasteiger partial charge in [-0.15, -0.1) is 0 Å². The maximum Gasteiger partial charge on any atom is 0.337 e. The Kier molecular flexibility index (Phi) is 5.74. The highest BCUT2D eigenvalue weighted by atomic mass is 79.9. The third kappa shape index (κ3) is 5.02. The van der Waals surface area contributed by atoms with Crippen molar-refractivity contribution in [3.63, 3.8) is 0 Å². The number of amides is 2. The first-order chi connectivity index (χ1) is 9.63. The molecule has 1 aromatic rings. The molecule has 0 aliphatic heterocycles. The first kappa shape index (κ1) is 17.5. The summed E-state index contributed by atoms with van der Waals surface area (Å²) in [5, 5.41) is 14.4. The van der Waals surface area contributed by atoms with Crippen molar-refractivity contribution in [2.45, 2.75) is 19.4 Å². The van der Waals surface area contributed by atoms with Gasteiger partial charge in [0, 0.05) is 16.6 Å². The lowest BCUT2D eigenvalue weighted by Crippen LogP contribution is -2.49. The molecule has 0 unspecified atom stereocenters. The van der Waals surface area contributed by atoms with E-state index in [-0.39, 0.29) is 16.8 Å². The van der Waals surface area contributed by atoms with Gasteiger partial charge >= 0.3 is 12.0 Å². The second kappa shape index (κ2) is 6.91. The number of carbonyl (C=O) groups excluding carboxylic acids is 1. The summed E-state index contributed by atoms with van der Waals surface area (Å²) in [4.78, 5) is 25.0. The summed E-state index contributed by atoms with van der Waals surface area (Å²) >= 11 is 3.25. The van der Waals surface area contributed by atoms with Crippen molar-refractivity contribution < 1.29 is 14.7 Å². The fraction of sp³-hybridized carbons (Fsp3) is 0.429. The number of nitrogens with one attached hydrogen (secondary N) is 2. The molecule has 21 heavy (non-hydrogen) atoms. The van der Waals surface area contributed by atoms with Crippen molar-refractivity contribution in [2.75, 3.05) is 26.0 Å². The molecule has 0 aliphatic carbocycles. The van der Waals surface area contributed by atoms with Crippen molar-refractivity contribution in [3.05, 3.63) is 28.2 Å². The molecule has 3 N–H and O–H groups in total. The number of halogens is 1. The number of carbonyl (C=O) groups is 2. The Morgan fingerprint density at radius 3 is 2.48 bits per heavy atom. The first-order valence-corrected chi connectivity index (χ1v) is 7.18. The SMILES string of the molecule is CN(C)C(C)(C)CNC(=O)Nc1cc(Br)ccc1C(=O)O. The zero-order valence-electron chi connectivity index (χ0n) is 12.5. The maximum atomic E-state index is 11.9. The van der Waals surface area contributed by atoms with Gasteiger partial charge in [0.05, 0.1) is 11.3 Å². The van der Waals surface area contributed by atoms with Crippen LogP contribution in [-0.4, -0.2) is 48.2 Å². The van der Waals surface area contributed by atoms with Crippen LogP contribution in [-0.2, 0) is 0 Å². The highest BCUT2D eigenvalue weighted by molar-refractivity contribution is 9.10. The maximum absolute atomic E-state index is 11.9. The predicted molar refractivity (Wildman–Crippen MR) is 85.9 cm³/mol. The number of urea groups is 1. The Labute approximate surface area is 132 Å². The molecule has 1 rings (SSSR count). The lowest BCUT2D eigenvalue weighted by atomic mass is 10.0. The van der Waals surface area contributed by atoms with Gasteiger partial charge in [0.25, 0.3) is 0 Å². The number of hydrogen-bond acceptors (Lipinski definition) is 3. The van der Waals surface area contributed by atoms with Crippen LogP contribution in [0.25, 0.3) is 0 Å². The summed E-state index contributed by atoms with van der Waals surface area (Å²) < 4.78 is 0.691. The Morgan fingerprint density at radius 2 is 1.95 bits per heavy atom. The molecule has 2 amide bonds. The van der Waals surface area contributed by atoms with Crippen LogP contribution in [0.2, 0.25) is 0 Å². The van der Waals surface area contributed by atoms with E-state index in [9.17, 15) is 9.59 Å². The van der Waals surface area contributed by atoms with Crippen LogP contribution in [0.4, 0.5) is 10.5 Å². The average Bonchev–Trinajstić information content (AvgIpc) is 2.36. The van der Waals surface area contributed by atoms with Crippen LogP contribution in [0.15, 0.2) is 22.7 Å². The molecule has 116 valence electrons. The molecule has 0 fully saturated rings. The van der Waals surface area contributed by atoms with Gasteiger partial charge < -0.3 is 20.6 Å². The summed E-state index contributed by atoms with van der Waals surface area (Å²) in [7, 11) is 3.85. The number of carboxylic acids is 1. The summed E-state index contributed by atoms with van der Waals surface area (Å²) in [6, 6.07) is 4.17. The predicted octanol–water partition coefficient (Wildman–Crippen LogP) is 2.61. The minimum Gasteiger partial charge on any atom is -0.478 e. The number of hydrogen-bond donors (Lipinski definition) is 3. The van der Waals surface area contributed by atoms with Gasteiger partial charge in [0.15, 0.2) is 0 Å². The van der Waals surface area contributed by atoms with Crippen molar-refractivity contribution in [1.82, 2.24) is 10.2 Å². The van der Waals surface area contributed by atoms with Crippen LogP contribution >= 0.6 is 15.9 Å². The number of carboxylic acid groups (broad SMARTS) is 1. The lowest BCUT2D eigenvalue weighted by molar-refractivity contribution is 0.0698. The topological polar surface area (TPSA) is 81.7 Å². The van der Waals surface area contributed by atoms with E-state index < -0.39 is 12.0 Å². The van der Waals surface area contributed by atoms with E-state index in [0.29, 0.717) is 11.0 Å². The number of benzene rings is 1. The van der Waals surface area contributed by atoms with Gasteiger partial charge in [-0.1, -0.05) is 15.9 Å². The van der Waals surface area contributed by atoms with Crippen LogP contribution in [0, 0.1) is 0 Å². The zero-order valence-corrected chi connectivity index (χ0v) is 14.1. The number of anilines is 1. The Bertz CT molecular complexity index is 544. The minimum absolute atomic E-state index is 0.0419. The van der Waals surface area contributed by atoms with E-state index in [1.54, 1.807) is 12.1 Å². The highest BCUT2D eigenvalue weighted by Crippen LogP contribution is 2.21. The molecule has 6 nitrogen and oxygen atoms in total. The fourth-order valence-corrected chi connectivity index (χ4v) is 1.79. The van der Waals surface area contributed by atoms with Gasteiger partial charge in [-0.25, -0.2) is 9.59 Å². The van der Waals surface area contributed by atoms with Gasteiger partial charge in [0.1, 0.15) is 0 Å². The molecule has 0 saturated heterocycles. The normalized spacial score (nSPS) is 11.3. The summed E-state index contributed by atoms with van der Waals surface area (Å²) in [6.07, 6.45) is 0. The van der Waals surface area contributed by atoms with Crippen molar-refractivity contribution in [2.24, 2.45) is 0 Å². The van der Waals surface area contributed by atoms with Crippen molar-refractivity contribution in [1.29, 1.82) is 0 Å². The van der Waals surface area contributed by atoms with E-state index in [2.05, 4.69) is 26.6 Å². The molecule has 1 aromatic carbocycles. The quantitative estimate of drug-likeness (QED) is 0.756. The fourth-order valence-electron chi connectivity index (χ4n) is 1.43.